The molecular weight excluding hydrogens is 288 g/mol. The van der Waals surface area contributed by atoms with Gasteiger partial charge in [-0.15, -0.1) is 0 Å². The standard InChI is InChI=1S/C20H24O3/c1-20(2)19(22-14-17-11-7-4-8-12-17)18(15-23-20)21-13-16-9-5-3-6-10-16/h3-12,18-19H,13-15H2,1-2H3/t18-,19-/m0/s1. The molecule has 0 N–H and O–H groups in total. The van der Waals surface area contributed by atoms with Gasteiger partial charge in [0.25, 0.3) is 0 Å². The molecule has 1 aliphatic rings. The summed E-state index contributed by atoms with van der Waals surface area (Å²) in [6.07, 6.45) is -0.125. The molecule has 0 radical (unpaired) electrons. The summed E-state index contributed by atoms with van der Waals surface area (Å²) in [5, 5.41) is 0. The van der Waals surface area contributed by atoms with Gasteiger partial charge in [-0.25, -0.2) is 0 Å². The molecule has 1 aliphatic heterocycles. The van der Waals surface area contributed by atoms with E-state index in [-0.39, 0.29) is 17.8 Å². The first-order valence-electron chi connectivity index (χ1n) is 8.10. The third-order valence-corrected chi connectivity index (χ3v) is 4.22. The van der Waals surface area contributed by atoms with Gasteiger partial charge in [0.15, 0.2) is 0 Å². The Labute approximate surface area is 138 Å². The Hall–Kier alpha value is -1.68. The third kappa shape index (κ3) is 4.20. The lowest BCUT2D eigenvalue weighted by Crippen LogP contribution is -2.41. The van der Waals surface area contributed by atoms with E-state index in [1.54, 1.807) is 0 Å². The fourth-order valence-corrected chi connectivity index (χ4v) is 2.90. The van der Waals surface area contributed by atoms with E-state index in [0.29, 0.717) is 19.8 Å². The lowest BCUT2D eigenvalue weighted by molar-refractivity contribution is -0.0995. The summed E-state index contributed by atoms with van der Waals surface area (Å²) in [5.74, 6) is 0. The van der Waals surface area contributed by atoms with Crippen LogP contribution in [-0.2, 0) is 27.4 Å². The molecule has 1 saturated heterocycles. The van der Waals surface area contributed by atoms with E-state index in [2.05, 4.69) is 38.1 Å². The maximum Gasteiger partial charge on any atom is 0.115 e. The molecule has 2 aromatic carbocycles. The van der Waals surface area contributed by atoms with E-state index in [0.717, 1.165) is 5.56 Å². The summed E-state index contributed by atoms with van der Waals surface area (Å²) >= 11 is 0. The minimum Gasteiger partial charge on any atom is -0.370 e. The van der Waals surface area contributed by atoms with Crippen molar-refractivity contribution < 1.29 is 14.2 Å². The van der Waals surface area contributed by atoms with Crippen LogP contribution in [0.1, 0.15) is 25.0 Å². The Morgan fingerprint density at radius 3 is 1.96 bits per heavy atom. The van der Waals surface area contributed by atoms with Crippen LogP contribution in [0.15, 0.2) is 60.7 Å². The predicted molar refractivity (Wildman–Crippen MR) is 90.1 cm³/mol. The van der Waals surface area contributed by atoms with E-state index in [9.17, 15) is 0 Å². The zero-order chi connectivity index (χ0) is 16.1. The van der Waals surface area contributed by atoms with Crippen LogP contribution in [0.25, 0.3) is 0 Å². The first kappa shape index (κ1) is 16.2. The molecule has 0 saturated carbocycles. The lowest BCUT2D eigenvalue weighted by atomic mass is 10.00. The van der Waals surface area contributed by atoms with Crippen molar-refractivity contribution in [3.8, 4) is 0 Å². The summed E-state index contributed by atoms with van der Waals surface area (Å²) in [7, 11) is 0. The van der Waals surface area contributed by atoms with Gasteiger partial charge >= 0.3 is 0 Å². The molecule has 3 heteroatoms. The van der Waals surface area contributed by atoms with Crippen molar-refractivity contribution in [2.45, 2.75) is 44.9 Å². The van der Waals surface area contributed by atoms with Gasteiger partial charge in [0.1, 0.15) is 12.2 Å². The first-order valence-corrected chi connectivity index (χ1v) is 8.10. The van der Waals surface area contributed by atoms with Gasteiger partial charge in [-0.2, -0.15) is 0 Å². The molecule has 122 valence electrons. The first-order chi connectivity index (χ1) is 11.1. The molecule has 0 aromatic heterocycles. The fraction of sp³-hybridized carbons (Fsp3) is 0.400. The van der Waals surface area contributed by atoms with Gasteiger partial charge in [0.05, 0.1) is 25.4 Å². The van der Waals surface area contributed by atoms with E-state index in [1.807, 2.05) is 36.4 Å². The van der Waals surface area contributed by atoms with E-state index in [4.69, 9.17) is 14.2 Å². The maximum absolute atomic E-state index is 6.16. The zero-order valence-electron chi connectivity index (χ0n) is 13.8. The molecular formula is C20H24O3. The van der Waals surface area contributed by atoms with Crippen LogP contribution in [-0.4, -0.2) is 24.4 Å². The average Bonchev–Trinajstić information content (AvgIpc) is 2.87. The molecule has 0 amide bonds. The van der Waals surface area contributed by atoms with Gasteiger partial charge < -0.3 is 14.2 Å². The molecule has 0 unspecified atom stereocenters. The van der Waals surface area contributed by atoms with E-state index < -0.39 is 0 Å². The molecule has 1 fully saturated rings. The van der Waals surface area contributed by atoms with Crippen molar-refractivity contribution in [1.29, 1.82) is 0 Å². The van der Waals surface area contributed by atoms with Crippen molar-refractivity contribution in [2.75, 3.05) is 6.61 Å². The minimum atomic E-state index is -0.337. The summed E-state index contributed by atoms with van der Waals surface area (Å²) in [4.78, 5) is 0. The number of rotatable bonds is 6. The normalized spacial score (nSPS) is 23.0. The van der Waals surface area contributed by atoms with Gasteiger partial charge in [0, 0.05) is 0 Å². The van der Waals surface area contributed by atoms with Crippen LogP contribution in [0.5, 0.6) is 0 Å². The smallest absolute Gasteiger partial charge is 0.115 e. The minimum absolute atomic E-state index is 0.0473. The Morgan fingerprint density at radius 2 is 1.39 bits per heavy atom. The second kappa shape index (κ2) is 7.26. The largest absolute Gasteiger partial charge is 0.370 e. The topological polar surface area (TPSA) is 27.7 Å². The second-order valence-corrected chi connectivity index (χ2v) is 6.47. The second-order valence-electron chi connectivity index (χ2n) is 6.47. The van der Waals surface area contributed by atoms with Crippen LogP contribution < -0.4 is 0 Å². The number of hydrogen-bond donors (Lipinski definition) is 0. The summed E-state index contributed by atoms with van der Waals surface area (Å²) < 4.78 is 18.1. The molecule has 3 nitrogen and oxygen atoms in total. The Morgan fingerprint density at radius 1 is 0.870 bits per heavy atom. The van der Waals surface area contributed by atoms with Crippen LogP contribution in [0, 0.1) is 0 Å². The zero-order valence-corrected chi connectivity index (χ0v) is 13.8. The predicted octanol–water partition coefficient (Wildman–Crippen LogP) is 3.97. The lowest BCUT2D eigenvalue weighted by Gasteiger charge is -2.28. The van der Waals surface area contributed by atoms with Crippen molar-refractivity contribution >= 4 is 0 Å². The molecule has 3 rings (SSSR count). The van der Waals surface area contributed by atoms with Crippen LogP contribution in [0.3, 0.4) is 0 Å². The molecule has 0 spiro atoms. The monoisotopic (exact) mass is 312 g/mol. The Kier molecular flexibility index (Phi) is 5.11. The molecule has 1 heterocycles. The van der Waals surface area contributed by atoms with Crippen LogP contribution >= 0.6 is 0 Å². The van der Waals surface area contributed by atoms with Crippen LogP contribution in [0.4, 0.5) is 0 Å². The Balaban J connectivity index is 1.60. The average molecular weight is 312 g/mol. The van der Waals surface area contributed by atoms with Crippen molar-refractivity contribution in [2.24, 2.45) is 0 Å². The highest BCUT2D eigenvalue weighted by Gasteiger charge is 2.45. The maximum atomic E-state index is 6.16. The van der Waals surface area contributed by atoms with Gasteiger partial charge in [-0.05, 0) is 25.0 Å². The Bertz CT molecular complexity index is 595. The fourth-order valence-electron chi connectivity index (χ4n) is 2.90. The molecule has 2 atom stereocenters. The quantitative estimate of drug-likeness (QED) is 0.808. The van der Waals surface area contributed by atoms with Crippen molar-refractivity contribution in [3.63, 3.8) is 0 Å². The molecule has 2 aromatic rings. The summed E-state index contributed by atoms with van der Waals surface area (Å²) in [6.45, 7) is 5.85. The highest BCUT2D eigenvalue weighted by Crippen LogP contribution is 2.31. The van der Waals surface area contributed by atoms with Gasteiger partial charge in [-0.3, -0.25) is 0 Å². The highest BCUT2D eigenvalue weighted by molar-refractivity contribution is 5.14. The third-order valence-electron chi connectivity index (χ3n) is 4.22. The number of ether oxygens (including phenoxy) is 3. The number of hydrogen-bond acceptors (Lipinski definition) is 3. The summed E-state index contributed by atoms with van der Waals surface area (Å²) in [6, 6.07) is 20.4. The summed E-state index contributed by atoms with van der Waals surface area (Å²) in [5.41, 5.74) is 1.99. The molecule has 0 aliphatic carbocycles. The van der Waals surface area contributed by atoms with Crippen LogP contribution in [0.2, 0.25) is 0 Å². The molecule has 0 bridgehead atoms. The van der Waals surface area contributed by atoms with E-state index >= 15 is 0 Å². The van der Waals surface area contributed by atoms with Gasteiger partial charge in [0.2, 0.25) is 0 Å². The van der Waals surface area contributed by atoms with Gasteiger partial charge in [-0.1, -0.05) is 60.7 Å². The SMILES string of the molecule is CC1(C)OC[C@H](OCc2ccccc2)[C@@H]1OCc1ccccc1. The number of benzene rings is 2. The van der Waals surface area contributed by atoms with Crippen molar-refractivity contribution in [1.82, 2.24) is 0 Å². The van der Waals surface area contributed by atoms with Crippen molar-refractivity contribution in [3.05, 3.63) is 71.8 Å². The molecule has 23 heavy (non-hydrogen) atoms. The van der Waals surface area contributed by atoms with E-state index in [1.165, 1.54) is 5.56 Å². The highest BCUT2D eigenvalue weighted by atomic mass is 16.6.